The lowest BCUT2D eigenvalue weighted by molar-refractivity contribution is 0.102. The monoisotopic (exact) mass is 484 g/mol. The molecular formula is C28H32N6O2. The van der Waals surface area contributed by atoms with Crippen molar-refractivity contribution in [3.63, 3.8) is 0 Å². The summed E-state index contributed by atoms with van der Waals surface area (Å²) in [7, 11) is 0. The highest BCUT2D eigenvalue weighted by Gasteiger charge is 2.14. The zero-order valence-corrected chi connectivity index (χ0v) is 20.3. The molecule has 8 nitrogen and oxygen atoms in total. The van der Waals surface area contributed by atoms with Crippen LogP contribution in [0.15, 0.2) is 72.8 Å². The van der Waals surface area contributed by atoms with Crippen LogP contribution in [0.1, 0.15) is 20.7 Å². The molecule has 2 saturated heterocycles. The molecule has 2 aliphatic rings. The smallest absolute Gasteiger partial charge is 0.255 e. The maximum absolute atomic E-state index is 12.9. The van der Waals surface area contributed by atoms with Gasteiger partial charge in [-0.1, -0.05) is 6.07 Å². The first-order valence-corrected chi connectivity index (χ1v) is 12.5. The second-order valence-corrected chi connectivity index (χ2v) is 9.06. The van der Waals surface area contributed by atoms with Crippen LogP contribution in [0.2, 0.25) is 0 Å². The van der Waals surface area contributed by atoms with Gasteiger partial charge in [-0.15, -0.1) is 0 Å². The van der Waals surface area contributed by atoms with Crippen molar-refractivity contribution < 1.29 is 9.59 Å². The summed E-state index contributed by atoms with van der Waals surface area (Å²) < 4.78 is 0. The van der Waals surface area contributed by atoms with E-state index in [4.69, 9.17) is 0 Å². The van der Waals surface area contributed by atoms with E-state index in [1.807, 2.05) is 48.5 Å². The van der Waals surface area contributed by atoms with Gasteiger partial charge in [0.2, 0.25) is 0 Å². The second kappa shape index (κ2) is 11.2. The summed E-state index contributed by atoms with van der Waals surface area (Å²) in [5.74, 6) is -0.500. The zero-order chi connectivity index (χ0) is 24.7. The predicted molar refractivity (Wildman–Crippen MR) is 145 cm³/mol. The van der Waals surface area contributed by atoms with Crippen molar-refractivity contribution in [2.45, 2.75) is 0 Å². The number of nitrogens with zero attached hydrogens (tertiary/aromatic N) is 2. The minimum atomic E-state index is -0.250. The summed E-state index contributed by atoms with van der Waals surface area (Å²) in [6, 6.07) is 22.5. The van der Waals surface area contributed by atoms with Crippen molar-refractivity contribution in [2.24, 2.45) is 0 Å². The third-order valence-electron chi connectivity index (χ3n) is 6.60. The largest absolute Gasteiger partial charge is 0.369 e. The first kappa shape index (κ1) is 23.8. The Hall–Kier alpha value is -3.88. The Bertz CT molecular complexity index is 1090. The van der Waals surface area contributed by atoms with Crippen LogP contribution in [0, 0.1) is 0 Å². The Kier molecular flexibility index (Phi) is 7.44. The van der Waals surface area contributed by atoms with E-state index in [0.29, 0.717) is 11.1 Å². The number of benzene rings is 3. The number of nitrogens with one attached hydrogen (secondary N) is 4. The van der Waals surface area contributed by atoms with Gasteiger partial charge >= 0.3 is 0 Å². The lowest BCUT2D eigenvalue weighted by Crippen LogP contribution is -2.43. The molecule has 36 heavy (non-hydrogen) atoms. The lowest BCUT2D eigenvalue weighted by Gasteiger charge is -2.29. The Morgan fingerprint density at radius 2 is 0.972 bits per heavy atom. The molecule has 0 saturated carbocycles. The minimum Gasteiger partial charge on any atom is -0.369 e. The second-order valence-electron chi connectivity index (χ2n) is 9.06. The number of hydrogen-bond donors (Lipinski definition) is 4. The molecule has 0 atom stereocenters. The fourth-order valence-corrected chi connectivity index (χ4v) is 4.57. The van der Waals surface area contributed by atoms with Gasteiger partial charge in [-0.2, -0.15) is 0 Å². The molecule has 0 spiro atoms. The van der Waals surface area contributed by atoms with Crippen LogP contribution in [0.5, 0.6) is 0 Å². The topological polar surface area (TPSA) is 88.7 Å². The third kappa shape index (κ3) is 5.84. The van der Waals surface area contributed by atoms with Gasteiger partial charge in [0, 0.05) is 86.2 Å². The summed E-state index contributed by atoms with van der Waals surface area (Å²) in [6.45, 7) is 7.80. The van der Waals surface area contributed by atoms with Crippen LogP contribution < -0.4 is 31.1 Å². The van der Waals surface area contributed by atoms with Crippen molar-refractivity contribution in [2.75, 3.05) is 72.8 Å². The standard InChI is InChI=1S/C28H32N6O2/c35-27(31-23-4-8-25(9-5-23)33-16-12-29-13-17-33)21-2-1-3-22(20-21)28(36)32-24-6-10-26(11-7-24)34-18-14-30-15-19-34/h1-11,20,29-30H,12-19H2,(H,31,35)(H,32,36). The molecular weight excluding hydrogens is 452 g/mol. The summed E-state index contributed by atoms with van der Waals surface area (Å²) in [4.78, 5) is 30.3. The summed E-state index contributed by atoms with van der Waals surface area (Å²) in [5.41, 5.74) is 4.60. The normalized spacial score (nSPS) is 15.9. The molecule has 0 radical (unpaired) electrons. The number of anilines is 4. The number of hydrogen-bond acceptors (Lipinski definition) is 6. The molecule has 0 unspecified atom stereocenters. The van der Waals surface area contributed by atoms with Gasteiger partial charge in [0.1, 0.15) is 0 Å². The molecule has 186 valence electrons. The first-order valence-electron chi connectivity index (χ1n) is 12.5. The van der Waals surface area contributed by atoms with Crippen molar-refractivity contribution in [3.8, 4) is 0 Å². The summed E-state index contributed by atoms with van der Waals surface area (Å²) >= 11 is 0. The first-order chi connectivity index (χ1) is 17.7. The minimum absolute atomic E-state index is 0.250. The van der Waals surface area contributed by atoms with Crippen molar-refractivity contribution in [1.29, 1.82) is 0 Å². The zero-order valence-electron chi connectivity index (χ0n) is 20.3. The van der Waals surface area contributed by atoms with E-state index >= 15 is 0 Å². The van der Waals surface area contributed by atoms with Crippen molar-refractivity contribution in [3.05, 3.63) is 83.9 Å². The molecule has 0 aliphatic carbocycles. The number of amides is 2. The van der Waals surface area contributed by atoms with Gasteiger partial charge in [0.05, 0.1) is 0 Å². The van der Waals surface area contributed by atoms with E-state index < -0.39 is 0 Å². The number of rotatable bonds is 6. The van der Waals surface area contributed by atoms with Crippen molar-refractivity contribution in [1.82, 2.24) is 10.6 Å². The molecule has 8 heteroatoms. The molecule has 2 amide bonds. The third-order valence-corrected chi connectivity index (χ3v) is 6.60. The lowest BCUT2D eigenvalue weighted by atomic mass is 10.1. The van der Waals surface area contributed by atoms with Crippen LogP contribution in [0.3, 0.4) is 0 Å². The van der Waals surface area contributed by atoms with E-state index in [1.54, 1.807) is 24.3 Å². The highest BCUT2D eigenvalue weighted by atomic mass is 16.2. The van der Waals surface area contributed by atoms with E-state index in [9.17, 15) is 9.59 Å². The molecule has 0 bridgehead atoms. The van der Waals surface area contributed by atoms with Crippen LogP contribution >= 0.6 is 0 Å². The van der Waals surface area contributed by atoms with Gasteiger partial charge in [-0.25, -0.2) is 0 Å². The SMILES string of the molecule is O=C(Nc1ccc(N2CCNCC2)cc1)c1cccc(C(=O)Nc2ccc(N3CCNCC3)cc2)c1. The Morgan fingerprint density at radius 3 is 1.36 bits per heavy atom. The summed E-state index contributed by atoms with van der Waals surface area (Å²) in [6.07, 6.45) is 0. The highest BCUT2D eigenvalue weighted by Crippen LogP contribution is 2.21. The average molecular weight is 485 g/mol. The summed E-state index contributed by atoms with van der Waals surface area (Å²) in [5, 5.41) is 12.6. The quantitative estimate of drug-likeness (QED) is 0.430. The molecule has 2 fully saturated rings. The van der Waals surface area contributed by atoms with E-state index in [0.717, 1.165) is 75.1 Å². The van der Waals surface area contributed by atoms with Gasteiger partial charge in [0.15, 0.2) is 0 Å². The number of carbonyl (C=O) groups excluding carboxylic acids is 2. The van der Waals surface area contributed by atoms with E-state index in [2.05, 4.69) is 31.1 Å². The molecule has 3 aromatic rings. The molecule has 0 aromatic heterocycles. The molecule has 3 aromatic carbocycles. The van der Waals surface area contributed by atoms with Crippen molar-refractivity contribution >= 4 is 34.6 Å². The molecule has 2 heterocycles. The average Bonchev–Trinajstić information content (AvgIpc) is 2.95. The molecule has 4 N–H and O–H groups in total. The fourth-order valence-electron chi connectivity index (χ4n) is 4.57. The number of piperazine rings is 2. The van der Waals surface area contributed by atoms with Crippen LogP contribution in [-0.4, -0.2) is 64.2 Å². The van der Waals surface area contributed by atoms with Gasteiger partial charge in [-0.3, -0.25) is 9.59 Å². The van der Waals surface area contributed by atoms with Crippen LogP contribution in [0.25, 0.3) is 0 Å². The van der Waals surface area contributed by atoms with Crippen LogP contribution in [0.4, 0.5) is 22.7 Å². The van der Waals surface area contributed by atoms with Crippen LogP contribution in [-0.2, 0) is 0 Å². The van der Waals surface area contributed by atoms with E-state index in [-0.39, 0.29) is 11.8 Å². The predicted octanol–water partition coefficient (Wildman–Crippen LogP) is 3.01. The van der Waals surface area contributed by atoms with Gasteiger partial charge in [-0.05, 0) is 66.7 Å². The van der Waals surface area contributed by atoms with Gasteiger partial charge < -0.3 is 31.1 Å². The Balaban J connectivity index is 1.19. The van der Waals surface area contributed by atoms with Gasteiger partial charge in [0.25, 0.3) is 11.8 Å². The highest BCUT2D eigenvalue weighted by molar-refractivity contribution is 6.08. The van der Waals surface area contributed by atoms with E-state index in [1.165, 1.54) is 0 Å². The fraction of sp³-hybridized carbons (Fsp3) is 0.286. The number of carbonyl (C=O) groups is 2. The molecule has 2 aliphatic heterocycles. The molecule has 5 rings (SSSR count). The maximum atomic E-state index is 12.9. The Labute approximate surface area is 211 Å². The maximum Gasteiger partial charge on any atom is 0.255 e. The Morgan fingerprint density at radius 1 is 0.583 bits per heavy atom.